The number of hydrogen-bond donors (Lipinski definition) is 0. The Bertz CT molecular complexity index is 921. The number of ether oxygens (including phenoxy) is 1. The molecular weight excluding hydrogens is 340 g/mol. The van der Waals surface area contributed by atoms with Gasteiger partial charge in [-0.2, -0.15) is 4.57 Å². The average molecular weight is 366 g/mol. The Balaban J connectivity index is 1.54. The Kier molecular flexibility index (Phi) is 4.93. The van der Waals surface area contributed by atoms with Gasteiger partial charge >= 0.3 is 0 Å². The van der Waals surface area contributed by atoms with Crippen LogP contribution in [0.5, 0.6) is 5.75 Å². The standard InChI is InChI=1S/C22H25N2OS/c1-23-20-16-19(25-2)11-12-21(20)26-22(23)13-8-17-6-9-18(10-7-17)24-14-4-3-5-15-24/h6-13,16H,3-5,14-15H2,1-2H3/q+1. The van der Waals surface area contributed by atoms with Crippen LogP contribution in [0, 0.1) is 0 Å². The molecule has 4 rings (SSSR count). The smallest absolute Gasteiger partial charge is 0.262 e. The summed E-state index contributed by atoms with van der Waals surface area (Å²) in [6, 6.07) is 15.2. The van der Waals surface area contributed by atoms with Crippen LogP contribution >= 0.6 is 11.3 Å². The molecule has 0 unspecified atom stereocenters. The van der Waals surface area contributed by atoms with Gasteiger partial charge in [-0.1, -0.05) is 23.5 Å². The molecule has 134 valence electrons. The number of aryl methyl sites for hydroxylation is 1. The number of nitrogens with zero attached hydrogens (tertiary/aromatic N) is 2. The lowest BCUT2D eigenvalue weighted by molar-refractivity contribution is -0.642. The van der Waals surface area contributed by atoms with Crippen LogP contribution in [0.25, 0.3) is 22.4 Å². The van der Waals surface area contributed by atoms with Gasteiger partial charge in [0.25, 0.3) is 5.01 Å². The summed E-state index contributed by atoms with van der Waals surface area (Å²) in [6.45, 7) is 2.38. The summed E-state index contributed by atoms with van der Waals surface area (Å²) in [5.74, 6) is 0.898. The van der Waals surface area contributed by atoms with Gasteiger partial charge in [0.1, 0.15) is 17.5 Å². The SMILES string of the molecule is COc1ccc2sc(C=Cc3ccc(N4CCCCC4)cc3)[n+](C)c2c1. The van der Waals surface area contributed by atoms with Crippen molar-refractivity contribution in [2.75, 3.05) is 25.1 Å². The van der Waals surface area contributed by atoms with Crippen molar-refractivity contribution in [2.45, 2.75) is 19.3 Å². The fourth-order valence-electron chi connectivity index (χ4n) is 3.53. The molecule has 3 aromatic rings. The van der Waals surface area contributed by atoms with Crippen molar-refractivity contribution in [2.24, 2.45) is 7.05 Å². The summed E-state index contributed by atoms with van der Waals surface area (Å²) in [5.41, 5.74) is 3.79. The summed E-state index contributed by atoms with van der Waals surface area (Å²) in [4.78, 5) is 2.50. The normalized spacial score (nSPS) is 15.1. The Morgan fingerprint density at radius 3 is 2.50 bits per heavy atom. The maximum Gasteiger partial charge on any atom is 0.262 e. The molecule has 0 radical (unpaired) electrons. The van der Waals surface area contributed by atoms with Crippen LogP contribution < -0.4 is 14.2 Å². The van der Waals surface area contributed by atoms with E-state index in [1.54, 1.807) is 18.4 Å². The number of hydrogen-bond acceptors (Lipinski definition) is 3. The molecule has 0 aliphatic carbocycles. The number of rotatable bonds is 4. The molecule has 1 aliphatic rings. The minimum atomic E-state index is 0.898. The monoisotopic (exact) mass is 365 g/mol. The maximum absolute atomic E-state index is 5.35. The lowest BCUT2D eigenvalue weighted by atomic mass is 10.1. The van der Waals surface area contributed by atoms with Gasteiger partial charge < -0.3 is 9.64 Å². The molecule has 0 amide bonds. The molecular formula is C22H25N2OS+. The van der Waals surface area contributed by atoms with Crippen molar-refractivity contribution in [1.29, 1.82) is 0 Å². The molecule has 0 spiro atoms. The van der Waals surface area contributed by atoms with Gasteiger partial charge in [-0.25, -0.2) is 0 Å². The van der Waals surface area contributed by atoms with Crippen molar-refractivity contribution < 1.29 is 9.30 Å². The number of anilines is 1. The maximum atomic E-state index is 5.35. The second-order valence-corrected chi connectivity index (χ2v) is 7.87. The molecule has 2 aromatic carbocycles. The summed E-state index contributed by atoms with van der Waals surface area (Å²) < 4.78 is 8.84. The number of methoxy groups -OCH3 is 1. The zero-order chi connectivity index (χ0) is 17.9. The van der Waals surface area contributed by atoms with Gasteiger partial charge in [0.05, 0.1) is 13.2 Å². The van der Waals surface area contributed by atoms with Gasteiger partial charge in [0.15, 0.2) is 0 Å². The summed E-state index contributed by atoms with van der Waals surface area (Å²) >= 11 is 1.80. The van der Waals surface area contributed by atoms with E-state index >= 15 is 0 Å². The van der Waals surface area contributed by atoms with E-state index < -0.39 is 0 Å². The highest BCUT2D eigenvalue weighted by Gasteiger charge is 2.15. The highest BCUT2D eigenvalue weighted by molar-refractivity contribution is 7.18. The van der Waals surface area contributed by atoms with E-state index in [0.29, 0.717) is 0 Å². The van der Waals surface area contributed by atoms with Crippen LogP contribution in [0.2, 0.25) is 0 Å². The minimum absolute atomic E-state index is 0.898. The number of piperidine rings is 1. The van der Waals surface area contributed by atoms with Gasteiger partial charge in [-0.05, 0) is 55.2 Å². The van der Waals surface area contributed by atoms with Crippen LogP contribution in [0.15, 0.2) is 42.5 Å². The van der Waals surface area contributed by atoms with Crippen LogP contribution in [-0.4, -0.2) is 20.2 Å². The van der Waals surface area contributed by atoms with Gasteiger partial charge in [-0.3, -0.25) is 0 Å². The van der Waals surface area contributed by atoms with E-state index in [-0.39, 0.29) is 0 Å². The fraction of sp³-hybridized carbons (Fsp3) is 0.318. The van der Waals surface area contributed by atoms with E-state index in [0.717, 1.165) is 5.75 Å². The van der Waals surface area contributed by atoms with Crippen molar-refractivity contribution in [3.63, 3.8) is 0 Å². The van der Waals surface area contributed by atoms with E-state index in [4.69, 9.17) is 4.74 Å². The lowest BCUT2D eigenvalue weighted by Crippen LogP contribution is -2.29. The number of thiazole rings is 1. The number of aromatic nitrogens is 1. The zero-order valence-electron chi connectivity index (χ0n) is 15.4. The van der Waals surface area contributed by atoms with Gasteiger partial charge in [0, 0.05) is 24.9 Å². The predicted molar refractivity (Wildman–Crippen MR) is 111 cm³/mol. The van der Waals surface area contributed by atoms with E-state index in [9.17, 15) is 0 Å². The molecule has 1 fully saturated rings. The third kappa shape index (κ3) is 3.47. The molecule has 0 bridgehead atoms. The Labute approximate surface area is 159 Å². The largest absolute Gasteiger partial charge is 0.497 e. The van der Waals surface area contributed by atoms with E-state index in [2.05, 4.69) is 65.1 Å². The van der Waals surface area contributed by atoms with Crippen LogP contribution in [0.1, 0.15) is 29.8 Å². The first kappa shape index (κ1) is 17.1. The van der Waals surface area contributed by atoms with Crippen molar-refractivity contribution in [3.05, 3.63) is 53.0 Å². The van der Waals surface area contributed by atoms with Crippen LogP contribution in [0.3, 0.4) is 0 Å². The van der Waals surface area contributed by atoms with Crippen molar-refractivity contribution >= 4 is 39.4 Å². The minimum Gasteiger partial charge on any atom is -0.497 e. The first-order chi connectivity index (χ1) is 12.7. The fourth-order valence-corrected chi connectivity index (χ4v) is 4.57. The molecule has 2 heterocycles. The van der Waals surface area contributed by atoms with Gasteiger partial charge in [0.2, 0.25) is 5.52 Å². The number of benzene rings is 2. The third-order valence-corrected chi connectivity index (χ3v) is 6.29. The summed E-state index contributed by atoms with van der Waals surface area (Å²) in [7, 11) is 3.82. The molecule has 0 saturated carbocycles. The highest BCUT2D eigenvalue weighted by atomic mass is 32.1. The molecule has 4 heteroatoms. The first-order valence-electron chi connectivity index (χ1n) is 9.24. The second-order valence-electron chi connectivity index (χ2n) is 6.81. The third-order valence-electron chi connectivity index (χ3n) is 5.11. The topological polar surface area (TPSA) is 16.4 Å². The van der Waals surface area contributed by atoms with Crippen LogP contribution in [0.4, 0.5) is 5.69 Å². The van der Waals surface area contributed by atoms with Gasteiger partial charge in [-0.15, -0.1) is 0 Å². The van der Waals surface area contributed by atoms with Crippen LogP contribution in [-0.2, 0) is 7.05 Å². The predicted octanol–water partition coefficient (Wildman–Crippen LogP) is 4.90. The summed E-state index contributed by atoms with van der Waals surface area (Å²) in [5, 5.41) is 1.23. The molecule has 1 aliphatic heterocycles. The van der Waals surface area contributed by atoms with Crippen molar-refractivity contribution in [3.8, 4) is 5.75 Å². The average Bonchev–Trinajstić information content (AvgIpc) is 3.02. The Morgan fingerprint density at radius 1 is 1.00 bits per heavy atom. The quantitative estimate of drug-likeness (QED) is 0.612. The lowest BCUT2D eigenvalue weighted by Gasteiger charge is -2.28. The molecule has 3 nitrogen and oxygen atoms in total. The van der Waals surface area contributed by atoms with Crippen molar-refractivity contribution in [1.82, 2.24) is 0 Å². The zero-order valence-corrected chi connectivity index (χ0v) is 16.3. The first-order valence-corrected chi connectivity index (χ1v) is 10.1. The number of fused-ring (bicyclic) bond motifs is 1. The second kappa shape index (κ2) is 7.50. The van der Waals surface area contributed by atoms with E-state index in [1.807, 2.05) is 6.07 Å². The Morgan fingerprint density at radius 2 is 1.77 bits per heavy atom. The molecule has 26 heavy (non-hydrogen) atoms. The molecule has 1 saturated heterocycles. The molecule has 1 aromatic heterocycles. The summed E-state index contributed by atoms with van der Waals surface area (Å²) in [6.07, 6.45) is 8.40. The molecule has 0 N–H and O–H groups in total. The molecule has 0 atom stereocenters. The highest BCUT2D eigenvalue weighted by Crippen LogP contribution is 2.26. The van der Waals surface area contributed by atoms with E-state index in [1.165, 1.54) is 58.8 Å². The Hall–Kier alpha value is -2.33.